The summed E-state index contributed by atoms with van der Waals surface area (Å²) >= 11 is 0. The fraction of sp³-hybridized carbons (Fsp3) is 0.333. The molecule has 3 amide bonds. The van der Waals surface area contributed by atoms with Gasteiger partial charge in [0.15, 0.2) is 0 Å². The Balaban J connectivity index is 1.60. The average Bonchev–Trinajstić information content (AvgIpc) is 2.74. The predicted molar refractivity (Wildman–Crippen MR) is 89.8 cm³/mol. The zero-order valence-electron chi connectivity index (χ0n) is 13.7. The standard InChI is InChI=1S/C18H20N2O4/c1-18(2)16(22)20(17(23)19-18)10-14(21)11-24-15-8-7-12-5-3-4-6-13(12)9-15/h3-9,14,21H,10-11H2,1-2H3,(H,19,23). The van der Waals surface area contributed by atoms with Gasteiger partial charge in [-0.3, -0.25) is 9.69 Å². The average molecular weight is 328 g/mol. The van der Waals surface area contributed by atoms with Crippen LogP contribution in [-0.2, 0) is 4.79 Å². The van der Waals surface area contributed by atoms with Crippen LogP contribution < -0.4 is 10.1 Å². The first kappa shape index (κ1) is 16.3. The number of carbonyl (C=O) groups excluding carboxylic acids is 2. The van der Waals surface area contributed by atoms with Crippen LogP contribution in [0.4, 0.5) is 4.79 Å². The van der Waals surface area contributed by atoms with Crippen LogP contribution in [0.2, 0.25) is 0 Å². The first-order valence-electron chi connectivity index (χ1n) is 7.80. The van der Waals surface area contributed by atoms with Gasteiger partial charge in [-0.25, -0.2) is 4.79 Å². The molecule has 3 rings (SSSR count). The molecule has 2 aromatic rings. The largest absolute Gasteiger partial charge is 0.491 e. The third-order valence-corrected chi connectivity index (χ3v) is 4.00. The minimum absolute atomic E-state index is 0.00414. The van der Waals surface area contributed by atoms with E-state index in [0.29, 0.717) is 5.75 Å². The number of imide groups is 1. The number of hydrogen-bond donors (Lipinski definition) is 2. The second-order valence-electron chi connectivity index (χ2n) is 6.44. The van der Waals surface area contributed by atoms with Gasteiger partial charge in [-0.1, -0.05) is 30.3 Å². The van der Waals surface area contributed by atoms with Crippen molar-refractivity contribution >= 4 is 22.7 Å². The van der Waals surface area contributed by atoms with E-state index >= 15 is 0 Å². The van der Waals surface area contributed by atoms with Gasteiger partial charge in [-0.15, -0.1) is 0 Å². The maximum Gasteiger partial charge on any atom is 0.325 e. The Hall–Kier alpha value is -2.60. The van der Waals surface area contributed by atoms with Crippen molar-refractivity contribution in [1.82, 2.24) is 10.2 Å². The molecular formula is C18H20N2O4. The molecule has 6 nitrogen and oxygen atoms in total. The van der Waals surface area contributed by atoms with E-state index in [2.05, 4.69) is 5.32 Å². The van der Waals surface area contributed by atoms with Crippen molar-refractivity contribution in [2.75, 3.05) is 13.2 Å². The van der Waals surface area contributed by atoms with Crippen LogP contribution in [0.15, 0.2) is 42.5 Å². The Morgan fingerprint density at radius 3 is 2.54 bits per heavy atom. The monoisotopic (exact) mass is 328 g/mol. The molecular weight excluding hydrogens is 308 g/mol. The smallest absolute Gasteiger partial charge is 0.325 e. The molecule has 0 spiro atoms. The lowest BCUT2D eigenvalue weighted by Gasteiger charge is -2.19. The molecule has 6 heteroatoms. The van der Waals surface area contributed by atoms with Crippen LogP contribution in [0.3, 0.4) is 0 Å². The first-order valence-corrected chi connectivity index (χ1v) is 7.80. The van der Waals surface area contributed by atoms with Crippen LogP contribution in [0.25, 0.3) is 10.8 Å². The summed E-state index contributed by atoms with van der Waals surface area (Å²) in [5, 5.41) is 14.8. The second kappa shape index (κ2) is 6.13. The molecule has 0 aliphatic carbocycles. The Morgan fingerprint density at radius 2 is 1.88 bits per heavy atom. The summed E-state index contributed by atoms with van der Waals surface area (Å²) in [6, 6.07) is 13.1. The molecule has 1 atom stereocenters. The lowest BCUT2D eigenvalue weighted by atomic mass is 10.1. The minimum atomic E-state index is -0.958. The number of nitrogens with zero attached hydrogens (tertiary/aromatic N) is 1. The second-order valence-corrected chi connectivity index (χ2v) is 6.44. The molecule has 0 radical (unpaired) electrons. The van der Waals surface area contributed by atoms with E-state index in [9.17, 15) is 14.7 Å². The number of aliphatic hydroxyl groups is 1. The van der Waals surface area contributed by atoms with Crippen LogP contribution in [0.1, 0.15) is 13.8 Å². The topological polar surface area (TPSA) is 78.9 Å². The molecule has 1 aliphatic rings. The fourth-order valence-corrected chi connectivity index (χ4v) is 2.70. The molecule has 0 saturated carbocycles. The van der Waals surface area contributed by atoms with Crippen molar-refractivity contribution in [2.45, 2.75) is 25.5 Å². The number of amides is 3. The van der Waals surface area contributed by atoms with Gasteiger partial charge >= 0.3 is 6.03 Å². The summed E-state index contributed by atoms with van der Waals surface area (Å²) in [5.74, 6) is 0.280. The van der Waals surface area contributed by atoms with Crippen molar-refractivity contribution in [3.05, 3.63) is 42.5 Å². The number of nitrogens with one attached hydrogen (secondary N) is 1. The zero-order chi connectivity index (χ0) is 17.3. The maximum atomic E-state index is 12.1. The Labute approximate surface area is 140 Å². The van der Waals surface area contributed by atoms with E-state index in [1.165, 1.54) is 0 Å². The number of rotatable bonds is 5. The Morgan fingerprint density at radius 1 is 1.17 bits per heavy atom. The highest BCUT2D eigenvalue weighted by Gasteiger charge is 2.44. The third kappa shape index (κ3) is 3.19. The van der Waals surface area contributed by atoms with Crippen LogP contribution in [0, 0.1) is 0 Å². The number of ether oxygens (including phenoxy) is 1. The highest BCUT2D eigenvalue weighted by Crippen LogP contribution is 2.21. The quantitative estimate of drug-likeness (QED) is 0.822. The Bertz CT molecular complexity index is 787. The molecule has 1 unspecified atom stereocenters. The van der Waals surface area contributed by atoms with Crippen molar-refractivity contribution in [1.29, 1.82) is 0 Å². The van der Waals surface area contributed by atoms with Crippen molar-refractivity contribution in [3.63, 3.8) is 0 Å². The minimum Gasteiger partial charge on any atom is -0.491 e. The summed E-state index contributed by atoms with van der Waals surface area (Å²) < 4.78 is 5.59. The summed E-state index contributed by atoms with van der Waals surface area (Å²) in [6.45, 7) is 3.16. The van der Waals surface area contributed by atoms with E-state index in [0.717, 1.165) is 15.7 Å². The van der Waals surface area contributed by atoms with Gasteiger partial charge in [0.2, 0.25) is 0 Å². The highest BCUT2D eigenvalue weighted by atomic mass is 16.5. The molecule has 126 valence electrons. The van der Waals surface area contributed by atoms with Gasteiger partial charge < -0.3 is 15.2 Å². The number of β-amino-alcohol motifs (C(OH)–C–C–N with tert-alkyl or cyclic N) is 1. The van der Waals surface area contributed by atoms with Gasteiger partial charge in [0.1, 0.15) is 24.0 Å². The van der Waals surface area contributed by atoms with Crippen molar-refractivity contribution in [3.8, 4) is 5.75 Å². The lowest BCUT2D eigenvalue weighted by Crippen LogP contribution is -2.42. The van der Waals surface area contributed by atoms with Gasteiger partial charge in [0.25, 0.3) is 5.91 Å². The van der Waals surface area contributed by atoms with E-state index in [1.54, 1.807) is 13.8 Å². The molecule has 1 heterocycles. The van der Waals surface area contributed by atoms with E-state index in [-0.39, 0.29) is 19.1 Å². The normalized spacial score (nSPS) is 17.9. The number of carbonyl (C=O) groups is 2. The van der Waals surface area contributed by atoms with Crippen molar-refractivity contribution in [2.24, 2.45) is 0 Å². The number of aliphatic hydroxyl groups excluding tert-OH is 1. The van der Waals surface area contributed by atoms with E-state index in [1.807, 2.05) is 42.5 Å². The van der Waals surface area contributed by atoms with Gasteiger partial charge in [-0.05, 0) is 36.8 Å². The number of benzene rings is 2. The Kier molecular flexibility index (Phi) is 4.15. The molecule has 24 heavy (non-hydrogen) atoms. The molecule has 1 fully saturated rings. The maximum absolute atomic E-state index is 12.1. The highest BCUT2D eigenvalue weighted by molar-refractivity contribution is 6.06. The third-order valence-electron chi connectivity index (χ3n) is 4.00. The molecule has 1 saturated heterocycles. The van der Waals surface area contributed by atoms with E-state index < -0.39 is 17.7 Å². The summed E-state index contributed by atoms with van der Waals surface area (Å²) in [6.07, 6.45) is -0.958. The molecule has 1 aliphatic heterocycles. The summed E-state index contributed by atoms with van der Waals surface area (Å²) in [5.41, 5.74) is -0.935. The first-order chi connectivity index (χ1) is 11.4. The number of urea groups is 1. The fourth-order valence-electron chi connectivity index (χ4n) is 2.70. The summed E-state index contributed by atoms with van der Waals surface area (Å²) in [4.78, 5) is 24.9. The molecule has 2 aromatic carbocycles. The van der Waals surface area contributed by atoms with Crippen LogP contribution in [0.5, 0.6) is 5.75 Å². The molecule has 0 aromatic heterocycles. The lowest BCUT2D eigenvalue weighted by molar-refractivity contribution is -0.131. The number of fused-ring (bicyclic) bond motifs is 1. The van der Waals surface area contributed by atoms with Gasteiger partial charge in [0, 0.05) is 0 Å². The number of hydrogen-bond acceptors (Lipinski definition) is 4. The van der Waals surface area contributed by atoms with Crippen LogP contribution in [-0.4, -0.2) is 46.7 Å². The van der Waals surface area contributed by atoms with Gasteiger partial charge in [0.05, 0.1) is 6.54 Å². The van der Waals surface area contributed by atoms with E-state index in [4.69, 9.17) is 4.74 Å². The van der Waals surface area contributed by atoms with Crippen molar-refractivity contribution < 1.29 is 19.4 Å². The zero-order valence-corrected chi connectivity index (χ0v) is 13.7. The van der Waals surface area contributed by atoms with Crippen LogP contribution >= 0.6 is 0 Å². The SMILES string of the molecule is CC1(C)NC(=O)N(CC(O)COc2ccc3ccccc3c2)C1=O. The molecule has 0 bridgehead atoms. The van der Waals surface area contributed by atoms with Gasteiger partial charge in [-0.2, -0.15) is 0 Å². The molecule has 2 N–H and O–H groups in total. The predicted octanol–water partition coefficient (Wildman–Crippen LogP) is 1.91. The summed E-state index contributed by atoms with van der Waals surface area (Å²) in [7, 11) is 0.